The normalized spacial score (nSPS) is 12.6. The molecular weight excluding hydrogens is 330 g/mol. The minimum absolute atomic E-state index is 0.0740. The first-order chi connectivity index (χ1) is 11.3. The van der Waals surface area contributed by atoms with Crippen molar-refractivity contribution in [3.8, 4) is 5.75 Å². The van der Waals surface area contributed by atoms with Crippen molar-refractivity contribution < 1.29 is 23.1 Å². The monoisotopic (exact) mass is 348 g/mol. The average molecular weight is 348 g/mol. The van der Waals surface area contributed by atoms with Gasteiger partial charge in [0.25, 0.3) is 0 Å². The van der Waals surface area contributed by atoms with Crippen LogP contribution in [0.2, 0.25) is 0 Å². The van der Waals surface area contributed by atoms with Gasteiger partial charge in [-0.1, -0.05) is 29.8 Å². The fourth-order valence-electron chi connectivity index (χ4n) is 2.20. The Morgan fingerprint density at radius 3 is 2.21 bits per heavy atom. The molecule has 0 bridgehead atoms. The number of carboxylic acids is 1. The summed E-state index contributed by atoms with van der Waals surface area (Å²) < 4.78 is 32.4. The van der Waals surface area contributed by atoms with Crippen LogP contribution < -0.4 is 14.6 Å². The molecule has 0 aliphatic carbocycles. The smallest absolute Gasteiger partial charge is 0.241 e. The number of aryl methyl sites for hydroxylation is 1. The molecular formula is C17H18NO5S-. The number of carboxylic acid groups (broad SMARTS) is 1. The van der Waals surface area contributed by atoms with Gasteiger partial charge in [-0.3, -0.25) is 0 Å². The predicted molar refractivity (Wildman–Crippen MR) is 86.9 cm³/mol. The fourth-order valence-corrected chi connectivity index (χ4v) is 3.43. The van der Waals surface area contributed by atoms with Crippen LogP contribution in [0.15, 0.2) is 53.4 Å². The average Bonchev–Trinajstić information content (AvgIpc) is 2.54. The Morgan fingerprint density at radius 2 is 1.71 bits per heavy atom. The van der Waals surface area contributed by atoms with Crippen LogP contribution in [0.25, 0.3) is 0 Å². The van der Waals surface area contributed by atoms with E-state index in [9.17, 15) is 18.3 Å². The quantitative estimate of drug-likeness (QED) is 0.810. The zero-order valence-electron chi connectivity index (χ0n) is 13.4. The third-order valence-corrected chi connectivity index (χ3v) is 5.01. The van der Waals surface area contributed by atoms with Gasteiger partial charge in [-0.2, -0.15) is 0 Å². The van der Waals surface area contributed by atoms with Crippen molar-refractivity contribution in [1.29, 1.82) is 0 Å². The van der Waals surface area contributed by atoms with Crippen molar-refractivity contribution >= 4 is 16.0 Å². The summed E-state index contributed by atoms with van der Waals surface area (Å²) in [6.45, 7) is 1.85. The van der Waals surface area contributed by atoms with Crippen LogP contribution in [0.3, 0.4) is 0 Å². The summed E-state index contributed by atoms with van der Waals surface area (Å²) in [6, 6.07) is 11.9. The Hall–Kier alpha value is -2.38. The topological polar surface area (TPSA) is 95.5 Å². The highest BCUT2D eigenvalue weighted by atomic mass is 32.2. The van der Waals surface area contributed by atoms with Gasteiger partial charge in [-0.25, -0.2) is 13.1 Å². The molecule has 2 rings (SSSR count). The lowest BCUT2D eigenvalue weighted by Crippen LogP contribution is -2.34. The van der Waals surface area contributed by atoms with Gasteiger partial charge >= 0.3 is 0 Å². The highest BCUT2D eigenvalue weighted by Crippen LogP contribution is 2.22. The molecule has 7 heteroatoms. The number of methoxy groups -OCH3 is 1. The number of nitrogens with one attached hydrogen (secondary N) is 1. The van der Waals surface area contributed by atoms with Gasteiger partial charge in [-0.15, -0.1) is 0 Å². The summed E-state index contributed by atoms with van der Waals surface area (Å²) >= 11 is 0. The van der Waals surface area contributed by atoms with Crippen molar-refractivity contribution in [3.63, 3.8) is 0 Å². The minimum atomic E-state index is -3.86. The van der Waals surface area contributed by atoms with Crippen LogP contribution in [0, 0.1) is 6.92 Å². The molecule has 1 atom stereocenters. The highest BCUT2D eigenvalue weighted by Gasteiger charge is 2.21. The summed E-state index contributed by atoms with van der Waals surface area (Å²) in [6.07, 6.45) is -0.475. The van der Waals surface area contributed by atoms with Crippen LogP contribution in [0.4, 0.5) is 0 Å². The number of sulfonamides is 1. The summed E-state index contributed by atoms with van der Waals surface area (Å²) in [7, 11) is -2.35. The van der Waals surface area contributed by atoms with Crippen LogP contribution in [-0.4, -0.2) is 21.5 Å². The molecule has 0 heterocycles. The van der Waals surface area contributed by atoms with E-state index in [4.69, 9.17) is 4.74 Å². The molecule has 0 aromatic heterocycles. The molecule has 1 N–H and O–H groups in total. The van der Waals surface area contributed by atoms with E-state index in [2.05, 4.69) is 4.72 Å². The molecule has 0 radical (unpaired) electrons. The molecule has 0 spiro atoms. The summed E-state index contributed by atoms with van der Waals surface area (Å²) in [5, 5.41) is 11.0. The van der Waals surface area contributed by atoms with Crippen molar-refractivity contribution in [1.82, 2.24) is 4.72 Å². The van der Waals surface area contributed by atoms with Crippen LogP contribution in [-0.2, 0) is 14.8 Å². The summed E-state index contributed by atoms with van der Waals surface area (Å²) in [4.78, 5) is 11.1. The number of carbonyl (C=O) groups is 1. The van der Waals surface area contributed by atoms with Crippen molar-refractivity contribution in [2.45, 2.75) is 24.3 Å². The molecule has 24 heavy (non-hydrogen) atoms. The van der Waals surface area contributed by atoms with Gasteiger partial charge < -0.3 is 14.6 Å². The lowest BCUT2D eigenvalue weighted by molar-refractivity contribution is -0.306. The number of ether oxygens (including phenoxy) is 1. The first-order valence-corrected chi connectivity index (χ1v) is 8.73. The van der Waals surface area contributed by atoms with Crippen molar-refractivity contribution in [3.05, 3.63) is 59.7 Å². The molecule has 0 aliphatic rings. The Balaban J connectivity index is 2.30. The standard InChI is InChI=1S/C17H19NO5S/c1-12-3-9-15(10-4-12)24(21,22)18-16(11-17(19)20)13-5-7-14(23-2)8-6-13/h3-10,16,18H,11H2,1-2H3,(H,19,20)/p-1. The molecule has 0 amide bonds. The lowest BCUT2D eigenvalue weighted by Gasteiger charge is -2.20. The van der Waals surface area contributed by atoms with Gasteiger partial charge in [0.15, 0.2) is 0 Å². The number of aliphatic carboxylic acids is 1. The van der Waals surface area contributed by atoms with Gasteiger partial charge in [0.05, 0.1) is 18.0 Å². The fraction of sp³-hybridized carbons (Fsp3) is 0.235. The summed E-state index contributed by atoms with van der Waals surface area (Å²) in [5.41, 5.74) is 1.44. The van der Waals surface area contributed by atoms with Gasteiger partial charge in [0, 0.05) is 12.4 Å². The molecule has 1 unspecified atom stereocenters. The van der Waals surface area contributed by atoms with Crippen molar-refractivity contribution in [2.75, 3.05) is 7.11 Å². The number of benzene rings is 2. The Kier molecular flexibility index (Phi) is 5.58. The zero-order chi connectivity index (χ0) is 17.7. The third-order valence-electron chi connectivity index (χ3n) is 3.52. The highest BCUT2D eigenvalue weighted by molar-refractivity contribution is 7.89. The van der Waals surface area contributed by atoms with Gasteiger partial charge in [0.1, 0.15) is 5.75 Å². The number of hydrogen-bond donors (Lipinski definition) is 1. The molecule has 6 nitrogen and oxygen atoms in total. The minimum Gasteiger partial charge on any atom is -0.550 e. The van der Waals surface area contributed by atoms with E-state index in [0.29, 0.717) is 11.3 Å². The van der Waals surface area contributed by atoms with E-state index in [1.54, 1.807) is 36.4 Å². The Bertz CT molecular complexity index is 798. The largest absolute Gasteiger partial charge is 0.550 e. The van der Waals surface area contributed by atoms with E-state index in [-0.39, 0.29) is 4.90 Å². The molecule has 2 aromatic rings. The Labute approximate surface area is 141 Å². The van der Waals surface area contributed by atoms with Crippen molar-refractivity contribution in [2.24, 2.45) is 0 Å². The van der Waals surface area contributed by atoms with Gasteiger partial charge in [0.2, 0.25) is 10.0 Å². The number of carbonyl (C=O) groups excluding carboxylic acids is 1. The number of hydrogen-bond acceptors (Lipinski definition) is 5. The van der Waals surface area contributed by atoms with E-state index in [1.807, 2.05) is 6.92 Å². The van der Waals surface area contributed by atoms with E-state index < -0.39 is 28.5 Å². The maximum atomic E-state index is 12.5. The third kappa shape index (κ3) is 4.56. The van der Waals surface area contributed by atoms with Gasteiger partial charge in [-0.05, 0) is 36.8 Å². The second-order valence-corrected chi connectivity index (χ2v) is 7.05. The second kappa shape index (κ2) is 7.46. The van der Waals surface area contributed by atoms with E-state index in [1.165, 1.54) is 19.2 Å². The molecule has 0 fully saturated rings. The summed E-state index contributed by atoms with van der Waals surface area (Å²) in [5.74, 6) is -0.755. The molecule has 0 saturated carbocycles. The Morgan fingerprint density at radius 1 is 1.12 bits per heavy atom. The SMILES string of the molecule is COc1ccc(C(CC(=O)[O-])NS(=O)(=O)c2ccc(C)cc2)cc1. The van der Waals surface area contributed by atoms with Crippen LogP contribution in [0.1, 0.15) is 23.6 Å². The first-order valence-electron chi connectivity index (χ1n) is 7.24. The molecule has 0 saturated heterocycles. The second-order valence-electron chi connectivity index (χ2n) is 5.34. The maximum absolute atomic E-state index is 12.5. The molecule has 128 valence electrons. The van der Waals surface area contributed by atoms with Crippen LogP contribution in [0.5, 0.6) is 5.75 Å². The number of rotatable bonds is 7. The van der Waals surface area contributed by atoms with E-state index >= 15 is 0 Å². The van der Waals surface area contributed by atoms with E-state index in [0.717, 1.165) is 5.56 Å². The zero-order valence-corrected chi connectivity index (χ0v) is 14.2. The molecule has 2 aromatic carbocycles. The first kappa shape index (κ1) is 18.0. The molecule has 0 aliphatic heterocycles. The maximum Gasteiger partial charge on any atom is 0.241 e. The van der Waals surface area contributed by atoms with Crippen LogP contribution >= 0.6 is 0 Å². The lowest BCUT2D eigenvalue weighted by atomic mass is 10.0. The predicted octanol–water partition coefficient (Wildman–Crippen LogP) is 1.16.